The average molecular weight is 242 g/mol. The van der Waals surface area contributed by atoms with E-state index < -0.39 is 0 Å². The highest BCUT2D eigenvalue weighted by atomic mass is 16.3. The average Bonchev–Trinajstić information content (AvgIpc) is 2.30. The van der Waals surface area contributed by atoms with E-state index in [-0.39, 0.29) is 12.0 Å². The monoisotopic (exact) mass is 242 g/mol. The number of carbonyl (C=O) groups is 1. The summed E-state index contributed by atoms with van der Waals surface area (Å²) in [6, 6.07) is 0. The standard InChI is InChI=1S/C13H26N2O2/c1-4-12(5-2)13(17)15-8-6-14(7-9-15)10-11(3)16/h11-12,16H,4-10H2,1-3H3. The van der Waals surface area contributed by atoms with Crippen LogP contribution in [0.1, 0.15) is 33.6 Å². The number of hydrogen-bond donors (Lipinski definition) is 1. The van der Waals surface area contributed by atoms with Crippen LogP contribution < -0.4 is 0 Å². The van der Waals surface area contributed by atoms with Crippen LogP contribution in [0, 0.1) is 5.92 Å². The molecule has 0 bridgehead atoms. The highest BCUT2D eigenvalue weighted by Crippen LogP contribution is 2.14. The van der Waals surface area contributed by atoms with Crippen LogP contribution in [0.15, 0.2) is 0 Å². The Kier molecular flexibility index (Phi) is 5.92. The molecule has 0 spiro atoms. The summed E-state index contributed by atoms with van der Waals surface area (Å²) in [6.45, 7) is 10.1. The van der Waals surface area contributed by atoms with Gasteiger partial charge in [-0.25, -0.2) is 0 Å². The zero-order chi connectivity index (χ0) is 12.8. The van der Waals surface area contributed by atoms with Gasteiger partial charge in [-0.2, -0.15) is 0 Å². The highest BCUT2D eigenvalue weighted by molar-refractivity contribution is 5.78. The Hall–Kier alpha value is -0.610. The molecular formula is C13H26N2O2. The van der Waals surface area contributed by atoms with Gasteiger partial charge in [0.1, 0.15) is 0 Å². The molecule has 1 atom stereocenters. The van der Waals surface area contributed by atoms with Crippen molar-refractivity contribution in [3.8, 4) is 0 Å². The molecule has 0 radical (unpaired) electrons. The number of β-amino-alcohol motifs (C(OH)–C–C–N with tert-alkyl or cyclic N) is 1. The van der Waals surface area contributed by atoms with E-state index >= 15 is 0 Å². The first-order chi connectivity index (χ1) is 8.08. The number of amides is 1. The third-order valence-corrected chi connectivity index (χ3v) is 3.54. The lowest BCUT2D eigenvalue weighted by Gasteiger charge is -2.36. The molecule has 4 nitrogen and oxygen atoms in total. The molecule has 0 aliphatic carbocycles. The molecule has 1 amide bonds. The molecule has 100 valence electrons. The maximum Gasteiger partial charge on any atom is 0.225 e. The second-order valence-electron chi connectivity index (χ2n) is 4.99. The minimum Gasteiger partial charge on any atom is -0.392 e. The van der Waals surface area contributed by atoms with Crippen molar-refractivity contribution >= 4 is 5.91 Å². The molecule has 0 aromatic heterocycles. The number of hydrogen-bond acceptors (Lipinski definition) is 3. The second-order valence-corrected chi connectivity index (χ2v) is 4.99. The fourth-order valence-corrected chi connectivity index (χ4v) is 2.42. The SMILES string of the molecule is CCC(CC)C(=O)N1CCN(CC(C)O)CC1. The van der Waals surface area contributed by atoms with Crippen molar-refractivity contribution < 1.29 is 9.90 Å². The minimum atomic E-state index is -0.281. The summed E-state index contributed by atoms with van der Waals surface area (Å²) >= 11 is 0. The Morgan fingerprint density at radius 1 is 1.18 bits per heavy atom. The van der Waals surface area contributed by atoms with E-state index in [0.29, 0.717) is 12.5 Å². The van der Waals surface area contributed by atoms with Crippen molar-refractivity contribution in [2.24, 2.45) is 5.92 Å². The van der Waals surface area contributed by atoms with E-state index in [0.717, 1.165) is 39.0 Å². The topological polar surface area (TPSA) is 43.8 Å². The Balaban J connectivity index is 2.38. The molecule has 0 aromatic carbocycles. The molecule has 1 rings (SSSR count). The van der Waals surface area contributed by atoms with Crippen LogP contribution in [-0.2, 0) is 4.79 Å². The van der Waals surface area contributed by atoms with Crippen molar-refractivity contribution in [2.75, 3.05) is 32.7 Å². The van der Waals surface area contributed by atoms with Gasteiger partial charge in [-0.15, -0.1) is 0 Å². The van der Waals surface area contributed by atoms with Gasteiger partial charge in [-0.3, -0.25) is 9.69 Å². The minimum absolute atomic E-state index is 0.193. The largest absolute Gasteiger partial charge is 0.392 e. The van der Waals surface area contributed by atoms with E-state index in [1.807, 2.05) is 11.8 Å². The van der Waals surface area contributed by atoms with E-state index in [1.54, 1.807) is 0 Å². The van der Waals surface area contributed by atoms with Crippen LogP contribution in [0.25, 0.3) is 0 Å². The summed E-state index contributed by atoms with van der Waals surface area (Å²) in [5, 5.41) is 9.32. The van der Waals surface area contributed by atoms with Crippen molar-refractivity contribution in [2.45, 2.75) is 39.7 Å². The van der Waals surface area contributed by atoms with Gasteiger partial charge in [0.25, 0.3) is 0 Å². The Bertz CT molecular complexity index is 232. The molecule has 1 N–H and O–H groups in total. The number of aliphatic hydroxyl groups excluding tert-OH is 1. The first kappa shape index (κ1) is 14.5. The molecule has 1 fully saturated rings. The first-order valence-electron chi connectivity index (χ1n) is 6.77. The Morgan fingerprint density at radius 2 is 1.71 bits per heavy atom. The summed E-state index contributed by atoms with van der Waals surface area (Å²) in [4.78, 5) is 16.4. The Morgan fingerprint density at radius 3 is 2.12 bits per heavy atom. The summed E-state index contributed by atoms with van der Waals surface area (Å²) in [5.41, 5.74) is 0. The molecule has 1 unspecified atom stereocenters. The van der Waals surface area contributed by atoms with Gasteiger partial charge in [0.2, 0.25) is 5.91 Å². The molecule has 1 aliphatic rings. The number of piperazine rings is 1. The van der Waals surface area contributed by atoms with Gasteiger partial charge >= 0.3 is 0 Å². The first-order valence-corrected chi connectivity index (χ1v) is 6.77. The van der Waals surface area contributed by atoms with Gasteiger partial charge in [-0.1, -0.05) is 13.8 Å². The third kappa shape index (κ3) is 4.28. The molecular weight excluding hydrogens is 216 g/mol. The van der Waals surface area contributed by atoms with E-state index in [9.17, 15) is 9.90 Å². The smallest absolute Gasteiger partial charge is 0.225 e. The predicted octanol–water partition coefficient (Wildman–Crippen LogP) is 0.948. The normalized spacial score (nSPS) is 19.7. The molecule has 0 saturated carbocycles. The van der Waals surface area contributed by atoms with Crippen LogP contribution in [0.4, 0.5) is 0 Å². The second kappa shape index (κ2) is 6.97. The van der Waals surface area contributed by atoms with E-state index in [1.165, 1.54) is 0 Å². The van der Waals surface area contributed by atoms with Crippen molar-refractivity contribution in [3.63, 3.8) is 0 Å². The zero-order valence-corrected chi connectivity index (χ0v) is 11.4. The van der Waals surface area contributed by atoms with Crippen molar-refractivity contribution in [3.05, 3.63) is 0 Å². The summed E-state index contributed by atoms with van der Waals surface area (Å²) in [6.07, 6.45) is 1.59. The fourth-order valence-electron chi connectivity index (χ4n) is 2.42. The van der Waals surface area contributed by atoms with E-state index in [4.69, 9.17) is 0 Å². The van der Waals surface area contributed by atoms with Gasteiger partial charge in [0.05, 0.1) is 6.10 Å². The van der Waals surface area contributed by atoms with Gasteiger partial charge in [0.15, 0.2) is 0 Å². The van der Waals surface area contributed by atoms with Crippen LogP contribution in [0.3, 0.4) is 0 Å². The van der Waals surface area contributed by atoms with E-state index in [2.05, 4.69) is 18.7 Å². The summed E-state index contributed by atoms with van der Waals surface area (Å²) in [5.74, 6) is 0.505. The van der Waals surface area contributed by atoms with Crippen LogP contribution in [0.2, 0.25) is 0 Å². The number of rotatable bonds is 5. The van der Waals surface area contributed by atoms with Gasteiger partial charge < -0.3 is 10.0 Å². The van der Waals surface area contributed by atoms with Gasteiger partial charge in [0, 0.05) is 38.6 Å². The summed E-state index contributed by atoms with van der Waals surface area (Å²) in [7, 11) is 0. The highest BCUT2D eigenvalue weighted by Gasteiger charge is 2.25. The van der Waals surface area contributed by atoms with Crippen molar-refractivity contribution in [1.82, 2.24) is 9.80 Å². The third-order valence-electron chi connectivity index (χ3n) is 3.54. The zero-order valence-electron chi connectivity index (χ0n) is 11.4. The lowest BCUT2D eigenvalue weighted by molar-refractivity contribution is -0.137. The number of carbonyl (C=O) groups excluding carboxylic acids is 1. The quantitative estimate of drug-likeness (QED) is 0.780. The number of nitrogens with zero attached hydrogens (tertiary/aromatic N) is 2. The lowest BCUT2D eigenvalue weighted by Crippen LogP contribution is -2.51. The predicted molar refractivity (Wildman–Crippen MR) is 68.8 cm³/mol. The molecule has 4 heteroatoms. The maximum atomic E-state index is 12.1. The molecule has 0 aromatic rings. The Labute approximate surface area is 105 Å². The van der Waals surface area contributed by atoms with Crippen LogP contribution in [0.5, 0.6) is 0 Å². The fraction of sp³-hybridized carbons (Fsp3) is 0.923. The maximum absolute atomic E-state index is 12.1. The lowest BCUT2D eigenvalue weighted by atomic mass is 10.0. The molecule has 1 heterocycles. The molecule has 1 saturated heterocycles. The summed E-state index contributed by atoms with van der Waals surface area (Å²) < 4.78 is 0. The molecule has 17 heavy (non-hydrogen) atoms. The van der Waals surface area contributed by atoms with Gasteiger partial charge in [-0.05, 0) is 19.8 Å². The van der Waals surface area contributed by atoms with Crippen LogP contribution >= 0.6 is 0 Å². The van der Waals surface area contributed by atoms with Crippen LogP contribution in [-0.4, -0.2) is 59.6 Å². The molecule has 1 aliphatic heterocycles. The number of aliphatic hydroxyl groups is 1. The van der Waals surface area contributed by atoms with Crippen molar-refractivity contribution in [1.29, 1.82) is 0 Å².